The van der Waals surface area contributed by atoms with Crippen molar-refractivity contribution in [2.45, 2.75) is 6.92 Å². The van der Waals surface area contributed by atoms with E-state index in [1.165, 1.54) is 0 Å². The lowest BCUT2D eigenvalue weighted by Gasteiger charge is -2.26. The maximum atomic E-state index is 11.9. The minimum atomic E-state index is -0.240. The quantitative estimate of drug-likeness (QED) is 0.670. The number of amides is 2. The summed E-state index contributed by atoms with van der Waals surface area (Å²) in [7, 11) is 0. The third-order valence-electron chi connectivity index (χ3n) is 4.24. The van der Waals surface area contributed by atoms with Crippen LogP contribution in [0.15, 0.2) is 36.8 Å². The number of aryl methyl sites for hydroxylation is 1. The van der Waals surface area contributed by atoms with Crippen LogP contribution in [0.1, 0.15) is 5.69 Å². The highest BCUT2D eigenvalue weighted by Crippen LogP contribution is 2.20. The zero-order valence-electron chi connectivity index (χ0n) is 13.9. The number of pyridine rings is 2. The molecule has 4 rings (SSSR count). The molecule has 1 saturated heterocycles. The highest BCUT2D eigenvalue weighted by Gasteiger charge is 2.17. The average Bonchev–Trinajstić information content (AvgIpc) is 2.96. The summed E-state index contributed by atoms with van der Waals surface area (Å²) in [5, 5.41) is 14.1. The Morgan fingerprint density at radius 1 is 1.32 bits per heavy atom. The maximum absolute atomic E-state index is 11.9. The normalized spacial score (nSPS) is 14.3. The van der Waals surface area contributed by atoms with E-state index in [1.54, 1.807) is 18.6 Å². The van der Waals surface area contributed by atoms with Gasteiger partial charge >= 0.3 is 6.03 Å². The molecule has 8 heteroatoms. The van der Waals surface area contributed by atoms with Gasteiger partial charge in [0.05, 0.1) is 23.6 Å². The molecule has 0 spiro atoms. The molecule has 25 heavy (non-hydrogen) atoms. The predicted molar refractivity (Wildman–Crippen MR) is 94.8 cm³/mol. The van der Waals surface area contributed by atoms with Gasteiger partial charge in [0.2, 0.25) is 0 Å². The molecule has 3 N–H and O–H groups in total. The summed E-state index contributed by atoms with van der Waals surface area (Å²) >= 11 is 0. The molecule has 3 aromatic heterocycles. The van der Waals surface area contributed by atoms with Crippen LogP contribution >= 0.6 is 0 Å². The molecular formula is C17H19N7O. The molecule has 0 unspecified atom stereocenters. The molecule has 4 heterocycles. The number of hydrogen-bond donors (Lipinski definition) is 3. The number of aromatic nitrogens is 4. The smallest absolute Gasteiger partial charge is 0.320 e. The van der Waals surface area contributed by atoms with Crippen molar-refractivity contribution in [1.29, 1.82) is 0 Å². The van der Waals surface area contributed by atoms with Crippen molar-refractivity contribution in [2.75, 3.05) is 25.0 Å². The minimum absolute atomic E-state index is 0.240. The molecule has 1 fully saturated rings. The minimum Gasteiger partial charge on any atom is -0.337 e. The monoisotopic (exact) mass is 337 g/mol. The molecule has 3 aromatic rings. The van der Waals surface area contributed by atoms with Crippen LogP contribution in [0.4, 0.5) is 10.6 Å². The van der Waals surface area contributed by atoms with Gasteiger partial charge in [0.25, 0.3) is 0 Å². The number of carbonyl (C=O) groups excluding carboxylic acids is 1. The Labute approximate surface area is 144 Å². The summed E-state index contributed by atoms with van der Waals surface area (Å²) in [6.45, 7) is 4.52. The van der Waals surface area contributed by atoms with Gasteiger partial charge in [-0.25, -0.2) is 14.5 Å². The maximum Gasteiger partial charge on any atom is 0.320 e. The highest BCUT2D eigenvalue weighted by atomic mass is 16.2. The van der Waals surface area contributed by atoms with Gasteiger partial charge in [-0.2, -0.15) is 5.10 Å². The first-order valence-corrected chi connectivity index (χ1v) is 8.21. The van der Waals surface area contributed by atoms with Gasteiger partial charge in [0.1, 0.15) is 5.82 Å². The fourth-order valence-corrected chi connectivity index (χ4v) is 2.75. The molecule has 0 bridgehead atoms. The number of anilines is 1. The standard InChI is InChI=1S/C17H19N7O/c1-11-4-14(2-3-19-11)24-15-10-20-16(5-13(15)9-22-24)23-17(25)21-8-12-6-18-7-12/h2-5,9-10,12,18H,6-8H2,1H3,(H2,20,21,23,25). The SMILES string of the molecule is Cc1cc(-n2ncc3cc(NC(=O)NCC4CNC4)ncc32)ccn1. The van der Waals surface area contributed by atoms with Crippen molar-refractivity contribution in [3.8, 4) is 5.69 Å². The van der Waals surface area contributed by atoms with Gasteiger partial charge in [-0.15, -0.1) is 0 Å². The number of hydrogen-bond acceptors (Lipinski definition) is 5. The highest BCUT2D eigenvalue weighted by molar-refractivity contribution is 5.91. The molecule has 0 aromatic carbocycles. The Balaban J connectivity index is 1.50. The third kappa shape index (κ3) is 3.29. The second-order valence-electron chi connectivity index (χ2n) is 6.20. The third-order valence-corrected chi connectivity index (χ3v) is 4.24. The Bertz CT molecular complexity index is 916. The van der Waals surface area contributed by atoms with E-state index in [-0.39, 0.29) is 6.03 Å². The van der Waals surface area contributed by atoms with E-state index < -0.39 is 0 Å². The van der Waals surface area contributed by atoms with Crippen LogP contribution in [0.25, 0.3) is 16.6 Å². The molecule has 2 amide bonds. The van der Waals surface area contributed by atoms with Crippen molar-refractivity contribution in [1.82, 2.24) is 30.4 Å². The summed E-state index contributed by atoms with van der Waals surface area (Å²) < 4.78 is 1.81. The van der Waals surface area contributed by atoms with E-state index in [0.717, 1.165) is 35.4 Å². The number of fused-ring (bicyclic) bond motifs is 1. The number of rotatable bonds is 4. The van der Waals surface area contributed by atoms with E-state index in [9.17, 15) is 4.79 Å². The molecule has 0 saturated carbocycles. The van der Waals surface area contributed by atoms with Crippen LogP contribution in [0.2, 0.25) is 0 Å². The van der Waals surface area contributed by atoms with Crippen molar-refractivity contribution < 1.29 is 4.79 Å². The van der Waals surface area contributed by atoms with Gasteiger partial charge in [0, 0.05) is 42.8 Å². The first-order valence-electron chi connectivity index (χ1n) is 8.21. The number of nitrogens with zero attached hydrogens (tertiary/aromatic N) is 4. The van der Waals surface area contributed by atoms with E-state index in [0.29, 0.717) is 18.3 Å². The zero-order chi connectivity index (χ0) is 17.2. The van der Waals surface area contributed by atoms with Crippen molar-refractivity contribution in [2.24, 2.45) is 5.92 Å². The van der Waals surface area contributed by atoms with Gasteiger partial charge < -0.3 is 10.6 Å². The number of urea groups is 1. The van der Waals surface area contributed by atoms with Crippen LogP contribution in [0.5, 0.6) is 0 Å². The fourth-order valence-electron chi connectivity index (χ4n) is 2.75. The Hall–Kier alpha value is -3.00. The second-order valence-corrected chi connectivity index (χ2v) is 6.20. The van der Waals surface area contributed by atoms with E-state index in [1.807, 2.05) is 29.8 Å². The summed E-state index contributed by atoms with van der Waals surface area (Å²) in [5.41, 5.74) is 2.72. The van der Waals surface area contributed by atoms with E-state index >= 15 is 0 Å². The lowest BCUT2D eigenvalue weighted by atomic mass is 10.0. The largest absolute Gasteiger partial charge is 0.337 e. The van der Waals surface area contributed by atoms with Crippen molar-refractivity contribution in [3.63, 3.8) is 0 Å². The molecule has 0 aliphatic carbocycles. The number of carbonyl (C=O) groups is 1. The van der Waals surface area contributed by atoms with Crippen LogP contribution in [-0.2, 0) is 0 Å². The second kappa shape index (κ2) is 6.48. The topological polar surface area (TPSA) is 96.8 Å². The van der Waals surface area contributed by atoms with Gasteiger partial charge in [-0.3, -0.25) is 10.3 Å². The average molecular weight is 337 g/mol. The fraction of sp³-hybridized carbons (Fsp3) is 0.294. The summed E-state index contributed by atoms with van der Waals surface area (Å²) in [4.78, 5) is 20.5. The Kier molecular flexibility index (Phi) is 4.02. The van der Waals surface area contributed by atoms with Crippen LogP contribution in [0.3, 0.4) is 0 Å². The first-order chi connectivity index (χ1) is 12.2. The molecule has 128 valence electrons. The van der Waals surface area contributed by atoms with Gasteiger partial charge in [0.15, 0.2) is 0 Å². The first kappa shape index (κ1) is 15.5. The summed E-state index contributed by atoms with van der Waals surface area (Å²) in [5.74, 6) is 1.02. The zero-order valence-corrected chi connectivity index (χ0v) is 13.9. The lowest BCUT2D eigenvalue weighted by Crippen LogP contribution is -2.48. The molecule has 0 radical (unpaired) electrons. The summed E-state index contributed by atoms with van der Waals surface area (Å²) in [6, 6.07) is 5.43. The Morgan fingerprint density at radius 2 is 2.20 bits per heavy atom. The van der Waals surface area contributed by atoms with Crippen LogP contribution < -0.4 is 16.0 Å². The number of nitrogens with one attached hydrogen (secondary N) is 3. The molecule has 8 nitrogen and oxygen atoms in total. The van der Waals surface area contributed by atoms with Crippen LogP contribution in [-0.4, -0.2) is 45.4 Å². The van der Waals surface area contributed by atoms with Crippen LogP contribution in [0, 0.1) is 12.8 Å². The van der Waals surface area contributed by atoms with E-state index in [4.69, 9.17) is 0 Å². The molecule has 0 atom stereocenters. The predicted octanol–water partition coefficient (Wildman–Crippen LogP) is 1.46. The van der Waals surface area contributed by atoms with Crippen molar-refractivity contribution >= 4 is 22.8 Å². The molecule has 1 aliphatic rings. The van der Waals surface area contributed by atoms with Gasteiger partial charge in [-0.05, 0) is 25.1 Å². The van der Waals surface area contributed by atoms with Crippen molar-refractivity contribution in [3.05, 3.63) is 42.5 Å². The summed E-state index contributed by atoms with van der Waals surface area (Å²) in [6.07, 6.45) is 5.23. The van der Waals surface area contributed by atoms with Gasteiger partial charge in [-0.1, -0.05) is 0 Å². The molecule has 1 aliphatic heterocycles. The lowest BCUT2D eigenvalue weighted by molar-refractivity contribution is 0.246. The van der Waals surface area contributed by atoms with E-state index in [2.05, 4.69) is 31.0 Å². The Morgan fingerprint density at radius 3 is 2.96 bits per heavy atom. The molecular weight excluding hydrogens is 318 g/mol.